The van der Waals surface area contributed by atoms with Crippen LogP contribution in [-0.2, 0) is 12.8 Å². The molecule has 22 heavy (non-hydrogen) atoms. The van der Waals surface area contributed by atoms with Crippen LogP contribution < -0.4 is 4.74 Å². The fourth-order valence-corrected chi connectivity index (χ4v) is 3.53. The molecular formula is C19H24N2O. The monoisotopic (exact) mass is 296 g/mol. The second-order valence-electron chi connectivity index (χ2n) is 5.81. The van der Waals surface area contributed by atoms with Crippen LogP contribution in [-0.4, -0.2) is 35.6 Å². The quantitative estimate of drug-likeness (QED) is 0.789. The molecule has 0 saturated heterocycles. The Morgan fingerprint density at radius 3 is 2.73 bits per heavy atom. The molecular weight excluding hydrogens is 272 g/mol. The Bertz CT molecular complexity index is 676. The van der Waals surface area contributed by atoms with E-state index in [-0.39, 0.29) is 0 Å². The summed E-state index contributed by atoms with van der Waals surface area (Å²) in [5, 5.41) is 1.36. The normalized spacial score (nSPS) is 16.9. The predicted octanol–water partition coefficient (Wildman–Crippen LogP) is 3.71. The Balaban J connectivity index is 1.99. The van der Waals surface area contributed by atoms with E-state index in [0.717, 1.165) is 31.7 Å². The lowest BCUT2D eigenvalue weighted by Gasteiger charge is -2.33. The summed E-state index contributed by atoms with van der Waals surface area (Å²) < 4.78 is 5.87. The maximum absolute atomic E-state index is 5.87. The third kappa shape index (κ3) is 2.57. The second kappa shape index (κ2) is 6.41. The zero-order valence-corrected chi connectivity index (χ0v) is 13.3. The predicted molar refractivity (Wildman–Crippen MR) is 92.6 cm³/mol. The molecule has 2 aromatic rings. The first-order chi connectivity index (χ1) is 10.8. The molecule has 1 heterocycles. The third-order valence-electron chi connectivity index (χ3n) is 4.43. The molecule has 1 atom stereocenters. The summed E-state index contributed by atoms with van der Waals surface area (Å²) in [6.07, 6.45) is 8.17. The van der Waals surface area contributed by atoms with Gasteiger partial charge in [-0.1, -0.05) is 12.2 Å². The zero-order chi connectivity index (χ0) is 15.5. The van der Waals surface area contributed by atoms with E-state index in [0.29, 0.717) is 12.6 Å². The molecule has 1 aromatic heterocycles. The molecule has 0 aliphatic heterocycles. The SMILES string of the molecule is C=CCN(CC=C)C1Cc2c[nH]c3ccc(OCC)c(c23)C1. The Kier molecular flexibility index (Phi) is 4.34. The number of rotatable bonds is 7. The molecule has 0 fully saturated rings. The van der Waals surface area contributed by atoms with E-state index in [1.807, 2.05) is 19.1 Å². The van der Waals surface area contributed by atoms with Crippen molar-refractivity contribution in [1.29, 1.82) is 0 Å². The molecule has 1 aliphatic rings. The highest BCUT2D eigenvalue weighted by Crippen LogP contribution is 2.37. The van der Waals surface area contributed by atoms with Crippen LogP contribution in [0.3, 0.4) is 0 Å². The van der Waals surface area contributed by atoms with Gasteiger partial charge in [-0.3, -0.25) is 4.90 Å². The van der Waals surface area contributed by atoms with Crippen molar-refractivity contribution in [3.8, 4) is 5.75 Å². The molecule has 0 saturated carbocycles. The van der Waals surface area contributed by atoms with Gasteiger partial charge in [-0.05, 0) is 37.5 Å². The Morgan fingerprint density at radius 2 is 2.05 bits per heavy atom. The minimum atomic E-state index is 0.462. The summed E-state index contributed by atoms with van der Waals surface area (Å²) in [6, 6.07) is 4.68. The first kappa shape index (κ1) is 14.9. The molecule has 3 rings (SSSR count). The number of aromatic amines is 1. The summed E-state index contributed by atoms with van der Waals surface area (Å²) >= 11 is 0. The smallest absolute Gasteiger partial charge is 0.123 e. The van der Waals surface area contributed by atoms with Gasteiger partial charge in [0, 0.05) is 41.8 Å². The molecule has 0 radical (unpaired) electrons. The number of nitrogens with zero attached hydrogens (tertiary/aromatic N) is 1. The number of benzene rings is 1. The highest BCUT2D eigenvalue weighted by molar-refractivity contribution is 5.89. The molecule has 3 nitrogen and oxygen atoms in total. The standard InChI is InChI=1S/C19H24N2O/c1-4-9-21(10-5-2)15-11-14-13-20-17-7-8-18(22-6-3)16(12-15)19(14)17/h4-5,7-8,13,15,20H,1-2,6,9-12H2,3H3. The highest BCUT2D eigenvalue weighted by Gasteiger charge is 2.27. The van der Waals surface area contributed by atoms with Crippen molar-refractivity contribution < 1.29 is 4.74 Å². The van der Waals surface area contributed by atoms with Gasteiger partial charge in [-0.2, -0.15) is 0 Å². The van der Waals surface area contributed by atoms with Gasteiger partial charge in [-0.15, -0.1) is 13.2 Å². The lowest BCUT2D eigenvalue weighted by Crippen LogP contribution is -2.40. The minimum absolute atomic E-state index is 0.462. The third-order valence-corrected chi connectivity index (χ3v) is 4.43. The topological polar surface area (TPSA) is 28.3 Å². The van der Waals surface area contributed by atoms with Crippen molar-refractivity contribution in [3.05, 3.63) is 54.8 Å². The molecule has 0 amide bonds. The van der Waals surface area contributed by atoms with Gasteiger partial charge in [0.15, 0.2) is 0 Å². The number of nitrogens with one attached hydrogen (secondary N) is 1. The molecule has 3 heteroatoms. The van der Waals surface area contributed by atoms with E-state index >= 15 is 0 Å². The van der Waals surface area contributed by atoms with Crippen molar-refractivity contribution in [2.24, 2.45) is 0 Å². The van der Waals surface area contributed by atoms with Crippen molar-refractivity contribution >= 4 is 10.9 Å². The van der Waals surface area contributed by atoms with E-state index in [9.17, 15) is 0 Å². The summed E-state index contributed by atoms with van der Waals surface area (Å²) in [4.78, 5) is 5.83. The van der Waals surface area contributed by atoms with E-state index < -0.39 is 0 Å². The van der Waals surface area contributed by atoms with Gasteiger partial charge in [0.2, 0.25) is 0 Å². The fourth-order valence-electron chi connectivity index (χ4n) is 3.53. The van der Waals surface area contributed by atoms with E-state index in [2.05, 4.69) is 41.4 Å². The largest absolute Gasteiger partial charge is 0.494 e. The Labute approximate surface area is 132 Å². The van der Waals surface area contributed by atoms with Crippen molar-refractivity contribution in [3.63, 3.8) is 0 Å². The lowest BCUT2D eigenvalue weighted by atomic mass is 9.87. The molecule has 116 valence electrons. The van der Waals surface area contributed by atoms with E-state index in [1.54, 1.807) is 0 Å². The highest BCUT2D eigenvalue weighted by atomic mass is 16.5. The van der Waals surface area contributed by atoms with Gasteiger partial charge in [0.05, 0.1) is 6.61 Å². The lowest BCUT2D eigenvalue weighted by molar-refractivity contribution is 0.232. The van der Waals surface area contributed by atoms with E-state index in [4.69, 9.17) is 4.74 Å². The van der Waals surface area contributed by atoms with Crippen LogP contribution in [0.25, 0.3) is 10.9 Å². The van der Waals surface area contributed by atoms with Crippen molar-refractivity contribution in [2.45, 2.75) is 25.8 Å². The van der Waals surface area contributed by atoms with E-state index in [1.165, 1.54) is 22.0 Å². The zero-order valence-electron chi connectivity index (χ0n) is 13.3. The van der Waals surface area contributed by atoms with Gasteiger partial charge in [-0.25, -0.2) is 0 Å². The molecule has 0 bridgehead atoms. The van der Waals surface area contributed by atoms with Gasteiger partial charge >= 0.3 is 0 Å². The number of aromatic nitrogens is 1. The number of H-pyrrole nitrogens is 1. The maximum atomic E-state index is 5.87. The van der Waals surface area contributed by atoms with Crippen LogP contribution in [0, 0.1) is 0 Å². The number of hydrogen-bond donors (Lipinski definition) is 1. The molecule has 1 N–H and O–H groups in total. The van der Waals surface area contributed by atoms with Gasteiger partial charge in [0.25, 0.3) is 0 Å². The Hall–Kier alpha value is -2.00. The van der Waals surface area contributed by atoms with Crippen LogP contribution in [0.15, 0.2) is 43.6 Å². The molecule has 1 aliphatic carbocycles. The molecule has 0 spiro atoms. The molecule has 1 aromatic carbocycles. The van der Waals surface area contributed by atoms with Crippen LogP contribution in [0.4, 0.5) is 0 Å². The fraction of sp³-hybridized carbons (Fsp3) is 0.368. The second-order valence-corrected chi connectivity index (χ2v) is 5.81. The summed E-state index contributed by atoms with van der Waals surface area (Å²) in [7, 11) is 0. The van der Waals surface area contributed by atoms with Crippen LogP contribution in [0.5, 0.6) is 5.75 Å². The van der Waals surface area contributed by atoms with Crippen molar-refractivity contribution in [2.75, 3.05) is 19.7 Å². The van der Waals surface area contributed by atoms with Crippen molar-refractivity contribution in [1.82, 2.24) is 9.88 Å². The van der Waals surface area contributed by atoms with Gasteiger partial charge in [0.1, 0.15) is 5.75 Å². The average Bonchev–Trinajstić information content (AvgIpc) is 2.94. The summed E-state index contributed by atoms with van der Waals surface area (Å²) in [6.45, 7) is 12.3. The number of hydrogen-bond acceptors (Lipinski definition) is 2. The Morgan fingerprint density at radius 1 is 1.27 bits per heavy atom. The molecule has 1 unspecified atom stereocenters. The van der Waals surface area contributed by atoms with Crippen LogP contribution in [0.2, 0.25) is 0 Å². The van der Waals surface area contributed by atoms with Crippen LogP contribution in [0.1, 0.15) is 18.1 Å². The summed E-state index contributed by atoms with van der Waals surface area (Å²) in [5.41, 5.74) is 3.94. The minimum Gasteiger partial charge on any atom is -0.494 e. The number of ether oxygens (including phenoxy) is 1. The van der Waals surface area contributed by atoms with Gasteiger partial charge < -0.3 is 9.72 Å². The van der Waals surface area contributed by atoms with Crippen LogP contribution >= 0.6 is 0 Å². The summed E-state index contributed by atoms with van der Waals surface area (Å²) in [5.74, 6) is 1.03. The average molecular weight is 296 g/mol. The first-order valence-electron chi connectivity index (χ1n) is 7.99. The first-order valence-corrected chi connectivity index (χ1v) is 7.99. The maximum Gasteiger partial charge on any atom is 0.123 e.